The molecule has 0 spiro atoms. The van der Waals surface area contributed by atoms with Crippen LogP contribution in [0.2, 0.25) is 0 Å². The number of anilines is 1. The smallest absolute Gasteiger partial charge is 0.152 e. The lowest BCUT2D eigenvalue weighted by Crippen LogP contribution is -2.30. The van der Waals surface area contributed by atoms with Crippen molar-refractivity contribution in [3.05, 3.63) is 29.6 Å². The Labute approximate surface area is 96.1 Å². The third kappa shape index (κ3) is 2.60. The zero-order valence-corrected chi connectivity index (χ0v) is 10.0. The van der Waals surface area contributed by atoms with E-state index in [1.807, 2.05) is 18.9 Å². The van der Waals surface area contributed by atoms with Gasteiger partial charge in [0.05, 0.1) is 5.69 Å². The number of benzene rings is 1. The monoisotopic (exact) mass is 223 g/mol. The van der Waals surface area contributed by atoms with Crippen molar-refractivity contribution < 1.29 is 9.18 Å². The number of hydrogen-bond acceptors (Lipinski definition) is 2. The fraction of sp³-hybridized carbons (Fsp3) is 0.462. The Balaban J connectivity index is 3.06. The van der Waals surface area contributed by atoms with E-state index in [4.69, 9.17) is 0 Å². The maximum Gasteiger partial charge on any atom is 0.152 e. The van der Waals surface area contributed by atoms with Crippen molar-refractivity contribution in [3.63, 3.8) is 0 Å². The van der Waals surface area contributed by atoms with Crippen molar-refractivity contribution >= 4 is 12.0 Å². The lowest BCUT2D eigenvalue weighted by molar-refractivity contribution is 0.112. The van der Waals surface area contributed by atoms with Crippen molar-refractivity contribution in [3.8, 4) is 0 Å². The first-order chi connectivity index (χ1) is 7.61. The van der Waals surface area contributed by atoms with Crippen LogP contribution < -0.4 is 4.90 Å². The van der Waals surface area contributed by atoms with E-state index in [2.05, 4.69) is 6.92 Å². The van der Waals surface area contributed by atoms with Gasteiger partial charge in [-0.05, 0) is 25.5 Å². The van der Waals surface area contributed by atoms with E-state index in [9.17, 15) is 9.18 Å². The molecule has 0 fully saturated rings. The molecule has 0 saturated carbocycles. The molecule has 16 heavy (non-hydrogen) atoms. The molecule has 0 heterocycles. The summed E-state index contributed by atoms with van der Waals surface area (Å²) in [6.07, 6.45) is 2.72. The molecule has 1 atom stereocenters. The van der Waals surface area contributed by atoms with Crippen LogP contribution in [0.3, 0.4) is 0 Å². The maximum absolute atomic E-state index is 13.7. The number of halogens is 1. The van der Waals surface area contributed by atoms with E-state index >= 15 is 0 Å². The zero-order valence-electron chi connectivity index (χ0n) is 10.0. The second kappa shape index (κ2) is 5.64. The first-order valence-electron chi connectivity index (χ1n) is 5.58. The van der Waals surface area contributed by atoms with Crippen LogP contribution in [0.4, 0.5) is 10.1 Å². The number of para-hydroxylation sites is 1. The van der Waals surface area contributed by atoms with Gasteiger partial charge in [0.15, 0.2) is 6.29 Å². The molecule has 3 heteroatoms. The van der Waals surface area contributed by atoms with Gasteiger partial charge in [0.1, 0.15) is 5.82 Å². The normalized spacial score (nSPS) is 12.2. The Bertz CT molecular complexity index is 365. The minimum atomic E-state index is -0.338. The summed E-state index contributed by atoms with van der Waals surface area (Å²) in [4.78, 5) is 12.7. The summed E-state index contributed by atoms with van der Waals surface area (Å²) in [7, 11) is 1.83. The zero-order chi connectivity index (χ0) is 12.1. The molecule has 2 nitrogen and oxygen atoms in total. The average molecular weight is 223 g/mol. The molecule has 1 aromatic rings. The number of aldehydes is 1. The molecule has 0 aliphatic carbocycles. The molecule has 0 N–H and O–H groups in total. The SMILES string of the molecule is CCCC(C)N(C)c1c(F)cccc1C=O. The molecular weight excluding hydrogens is 205 g/mol. The molecule has 0 amide bonds. The summed E-state index contributed by atoms with van der Waals surface area (Å²) < 4.78 is 13.7. The average Bonchev–Trinajstić information content (AvgIpc) is 2.28. The Morgan fingerprint density at radius 1 is 1.50 bits per heavy atom. The van der Waals surface area contributed by atoms with Crippen molar-refractivity contribution in [1.29, 1.82) is 0 Å². The van der Waals surface area contributed by atoms with Gasteiger partial charge in [-0.1, -0.05) is 19.4 Å². The van der Waals surface area contributed by atoms with Gasteiger partial charge in [0.2, 0.25) is 0 Å². The summed E-state index contributed by atoms with van der Waals surface area (Å²) in [5, 5.41) is 0. The number of carbonyl (C=O) groups excluding carboxylic acids is 1. The second-order valence-corrected chi connectivity index (χ2v) is 4.04. The largest absolute Gasteiger partial charge is 0.369 e. The van der Waals surface area contributed by atoms with Gasteiger partial charge in [-0.2, -0.15) is 0 Å². The molecule has 0 aromatic heterocycles. The van der Waals surface area contributed by atoms with Crippen LogP contribution in [0, 0.1) is 5.82 Å². The Morgan fingerprint density at radius 3 is 2.75 bits per heavy atom. The maximum atomic E-state index is 13.7. The highest BCUT2D eigenvalue weighted by Gasteiger charge is 2.16. The second-order valence-electron chi connectivity index (χ2n) is 4.04. The Kier molecular flexibility index (Phi) is 4.47. The molecule has 0 bridgehead atoms. The van der Waals surface area contributed by atoms with Crippen LogP contribution in [-0.2, 0) is 0 Å². The van der Waals surface area contributed by atoms with Crippen molar-refractivity contribution in [2.24, 2.45) is 0 Å². The van der Waals surface area contributed by atoms with E-state index in [-0.39, 0.29) is 11.9 Å². The van der Waals surface area contributed by atoms with Crippen molar-refractivity contribution in [1.82, 2.24) is 0 Å². The Hall–Kier alpha value is -1.38. The highest BCUT2D eigenvalue weighted by Crippen LogP contribution is 2.24. The summed E-state index contributed by atoms with van der Waals surface area (Å²) >= 11 is 0. The van der Waals surface area contributed by atoms with Crippen LogP contribution in [0.15, 0.2) is 18.2 Å². The topological polar surface area (TPSA) is 20.3 Å². The highest BCUT2D eigenvalue weighted by atomic mass is 19.1. The first-order valence-corrected chi connectivity index (χ1v) is 5.58. The third-order valence-electron chi connectivity index (χ3n) is 2.87. The van der Waals surface area contributed by atoms with Gasteiger partial charge in [-0.25, -0.2) is 4.39 Å². The first kappa shape index (κ1) is 12.7. The highest BCUT2D eigenvalue weighted by molar-refractivity contribution is 5.84. The summed E-state index contributed by atoms with van der Waals surface area (Å²) in [6, 6.07) is 4.81. The van der Waals surface area contributed by atoms with Gasteiger partial charge in [0.25, 0.3) is 0 Å². The number of nitrogens with zero attached hydrogens (tertiary/aromatic N) is 1. The van der Waals surface area contributed by atoms with Gasteiger partial charge < -0.3 is 4.90 Å². The van der Waals surface area contributed by atoms with Crippen LogP contribution in [0.5, 0.6) is 0 Å². The minimum absolute atomic E-state index is 0.223. The fourth-order valence-electron chi connectivity index (χ4n) is 1.83. The van der Waals surface area contributed by atoms with Crippen LogP contribution in [0.25, 0.3) is 0 Å². The van der Waals surface area contributed by atoms with E-state index in [1.54, 1.807) is 12.1 Å². The summed E-state index contributed by atoms with van der Waals surface area (Å²) in [5.74, 6) is -0.338. The summed E-state index contributed by atoms with van der Waals surface area (Å²) in [5.41, 5.74) is 0.809. The number of rotatable bonds is 5. The molecule has 88 valence electrons. The number of carbonyl (C=O) groups is 1. The molecule has 1 rings (SSSR count). The van der Waals surface area contributed by atoms with Gasteiger partial charge in [0, 0.05) is 18.7 Å². The van der Waals surface area contributed by atoms with E-state index in [0.717, 1.165) is 12.8 Å². The lowest BCUT2D eigenvalue weighted by Gasteiger charge is -2.28. The van der Waals surface area contributed by atoms with Gasteiger partial charge in [-0.15, -0.1) is 0 Å². The van der Waals surface area contributed by atoms with Crippen LogP contribution >= 0.6 is 0 Å². The predicted octanol–water partition coefficient (Wildman–Crippen LogP) is 3.26. The molecule has 0 aliphatic rings. The molecule has 0 radical (unpaired) electrons. The fourth-order valence-corrected chi connectivity index (χ4v) is 1.83. The minimum Gasteiger partial charge on any atom is -0.369 e. The van der Waals surface area contributed by atoms with Crippen molar-refractivity contribution in [2.75, 3.05) is 11.9 Å². The molecule has 0 saturated heterocycles. The van der Waals surface area contributed by atoms with E-state index in [0.29, 0.717) is 17.5 Å². The Morgan fingerprint density at radius 2 is 2.19 bits per heavy atom. The quantitative estimate of drug-likeness (QED) is 0.714. The summed E-state index contributed by atoms with van der Waals surface area (Å²) in [6.45, 7) is 4.12. The van der Waals surface area contributed by atoms with E-state index < -0.39 is 0 Å². The molecular formula is C13H18FNO. The molecule has 0 aliphatic heterocycles. The number of hydrogen-bond donors (Lipinski definition) is 0. The third-order valence-corrected chi connectivity index (χ3v) is 2.87. The van der Waals surface area contributed by atoms with Crippen LogP contribution in [0.1, 0.15) is 37.0 Å². The van der Waals surface area contributed by atoms with Gasteiger partial charge >= 0.3 is 0 Å². The molecule has 1 unspecified atom stereocenters. The molecule has 1 aromatic carbocycles. The van der Waals surface area contributed by atoms with Crippen molar-refractivity contribution in [2.45, 2.75) is 32.7 Å². The standard InChI is InChI=1S/C13H18FNO/c1-4-6-10(2)15(3)13-11(9-16)7-5-8-12(13)14/h5,7-10H,4,6H2,1-3H3. The lowest BCUT2D eigenvalue weighted by atomic mass is 10.1. The predicted molar refractivity (Wildman–Crippen MR) is 64.6 cm³/mol. The van der Waals surface area contributed by atoms with E-state index in [1.165, 1.54) is 6.07 Å². The van der Waals surface area contributed by atoms with Gasteiger partial charge in [-0.3, -0.25) is 4.79 Å². The van der Waals surface area contributed by atoms with Crippen LogP contribution in [-0.4, -0.2) is 19.4 Å².